The number of rotatable bonds is 23. The third-order valence-electron chi connectivity index (χ3n) is 14.5. The van der Waals surface area contributed by atoms with Crippen LogP contribution in [-0.2, 0) is 32.3 Å². The molecule has 0 radical (unpaired) electrons. The van der Waals surface area contributed by atoms with E-state index in [1.165, 1.54) is 22.7 Å². The Hall–Kier alpha value is -6.16. The molecule has 2 aromatic carbocycles. The predicted molar refractivity (Wildman–Crippen MR) is 301 cm³/mol. The first kappa shape index (κ1) is 53.2. The number of likely N-dealkylation sites (tertiary alicyclic amines) is 2. The molecule has 4 aliphatic heterocycles. The molecule has 20 heteroatoms. The van der Waals surface area contributed by atoms with Crippen molar-refractivity contribution in [2.75, 3.05) is 49.9 Å². The Labute approximate surface area is 458 Å². The molecule has 6 amide bonds. The van der Waals surface area contributed by atoms with E-state index in [1.54, 1.807) is 46.9 Å². The van der Waals surface area contributed by atoms with Crippen molar-refractivity contribution in [1.82, 2.24) is 41.0 Å². The van der Waals surface area contributed by atoms with Gasteiger partial charge in [0.05, 0.1) is 51.6 Å². The monoisotopic (exact) mass is 1100 g/mol. The Morgan fingerprint density at radius 3 is 1.32 bits per heavy atom. The van der Waals surface area contributed by atoms with Gasteiger partial charge in [0.15, 0.2) is 0 Å². The lowest BCUT2D eigenvalue weighted by molar-refractivity contribution is -0.122. The second kappa shape index (κ2) is 25.3. The average Bonchev–Trinajstić information content (AvgIpc) is 4.27. The van der Waals surface area contributed by atoms with E-state index in [4.69, 9.17) is 9.97 Å². The molecular weight excluding hydrogens is 1040 g/mol. The highest BCUT2D eigenvalue weighted by Crippen LogP contribution is 2.38. The normalized spacial score (nSPS) is 17.5. The number of nitrogens with one attached hydrogen (secondary N) is 6. The van der Waals surface area contributed by atoms with E-state index in [0.29, 0.717) is 71.9 Å². The zero-order valence-corrected chi connectivity index (χ0v) is 45.7. The van der Waals surface area contributed by atoms with Crippen molar-refractivity contribution in [3.8, 4) is 20.9 Å². The van der Waals surface area contributed by atoms with E-state index < -0.39 is 0 Å². The van der Waals surface area contributed by atoms with Crippen molar-refractivity contribution in [1.29, 1.82) is 0 Å². The minimum absolute atomic E-state index is 0.0187. The van der Waals surface area contributed by atoms with Crippen LogP contribution < -0.4 is 31.9 Å². The summed E-state index contributed by atoms with van der Waals surface area (Å²) in [7, 11) is 0. The highest BCUT2D eigenvalue weighted by atomic mass is 32.1. The number of benzene rings is 2. The second-order valence-corrected chi connectivity index (χ2v) is 24.4. The Morgan fingerprint density at radius 1 is 0.513 bits per heavy atom. The lowest BCUT2D eigenvalue weighted by atomic mass is 10.0. The first-order valence-electron chi connectivity index (χ1n) is 26.6. The van der Waals surface area contributed by atoms with Gasteiger partial charge in [-0.05, 0) is 98.1 Å². The first-order valence-corrected chi connectivity index (χ1v) is 29.9. The van der Waals surface area contributed by atoms with Gasteiger partial charge >= 0.3 is 0 Å². The molecular formula is C56H64N10O6S4. The molecule has 6 aromatic rings. The van der Waals surface area contributed by atoms with Gasteiger partial charge in [-0.3, -0.25) is 28.8 Å². The minimum atomic E-state index is -0.165. The van der Waals surface area contributed by atoms with Crippen LogP contribution in [0.2, 0.25) is 0 Å². The van der Waals surface area contributed by atoms with Crippen molar-refractivity contribution in [3.05, 3.63) is 116 Å². The van der Waals surface area contributed by atoms with Gasteiger partial charge in [-0.2, -0.15) is 0 Å². The molecule has 0 saturated carbocycles. The summed E-state index contributed by atoms with van der Waals surface area (Å²) in [6.45, 7) is 5.13. The van der Waals surface area contributed by atoms with E-state index in [0.717, 1.165) is 119 Å². The number of hydrogen-bond acceptors (Lipinski definition) is 14. The molecule has 4 aromatic heterocycles. The van der Waals surface area contributed by atoms with Crippen LogP contribution >= 0.6 is 45.3 Å². The number of thiophene rings is 2. The number of nitrogens with zero attached hydrogens (tertiary/aromatic N) is 4. The standard InChI is InChI=1S/C56H64N10O6S4/c67-47(59-27-35-13-17-37(18-14-35)45-29-61-53(75-45)39-31-65(32-39)55(71)43-21-23-49(73-43)63-51(69)41-9-7-25-57-41)11-5-3-1-2-4-6-12-48(68)60-28-36-15-19-38(20-16-36)46-30-62-54(76-46)40-33-66(34-40)56(72)44-22-24-50(74-44)64-52(70)42-10-8-26-58-42/h13-24,29-30,39-42,57-58H,1-12,25-28,31-34H2,(H,59,67)(H,60,68)(H,63,69)(H,64,70)/t41-,42-/m0/s1. The molecule has 0 bridgehead atoms. The fourth-order valence-corrected chi connectivity index (χ4v) is 13.6. The van der Waals surface area contributed by atoms with Gasteiger partial charge in [0, 0.05) is 76.3 Å². The summed E-state index contributed by atoms with van der Waals surface area (Å²) in [6.07, 6.45) is 14.1. The van der Waals surface area contributed by atoms with Gasteiger partial charge in [-0.25, -0.2) is 9.97 Å². The summed E-state index contributed by atoms with van der Waals surface area (Å²) in [4.78, 5) is 92.8. The van der Waals surface area contributed by atoms with E-state index >= 15 is 0 Å². The number of carbonyl (C=O) groups is 6. The number of anilines is 2. The van der Waals surface area contributed by atoms with Gasteiger partial charge < -0.3 is 41.7 Å². The number of aromatic nitrogens is 2. The lowest BCUT2D eigenvalue weighted by Crippen LogP contribution is -2.48. The first-order chi connectivity index (χ1) is 37.1. The molecule has 2 atom stereocenters. The molecule has 8 heterocycles. The number of amides is 6. The van der Waals surface area contributed by atoms with Crippen molar-refractivity contribution >= 4 is 90.8 Å². The van der Waals surface area contributed by atoms with E-state index in [-0.39, 0.29) is 59.4 Å². The molecule has 16 nitrogen and oxygen atoms in total. The van der Waals surface area contributed by atoms with Crippen molar-refractivity contribution in [2.45, 2.75) is 114 Å². The molecule has 0 unspecified atom stereocenters. The maximum atomic E-state index is 13.1. The van der Waals surface area contributed by atoms with E-state index in [1.807, 2.05) is 46.5 Å². The van der Waals surface area contributed by atoms with Gasteiger partial charge in [0.25, 0.3) is 11.8 Å². The molecule has 4 saturated heterocycles. The molecule has 398 valence electrons. The van der Waals surface area contributed by atoms with Crippen LogP contribution in [0.1, 0.15) is 129 Å². The van der Waals surface area contributed by atoms with Gasteiger partial charge in [0.1, 0.15) is 0 Å². The largest absolute Gasteiger partial charge is 0.352 e. The highest BCUT2D eigenvalue weighted by Gasteiger charge is 2.36. The molecule has 4 aliphatic rings. The number of hydrogen-bond donors (Lipinski definition) is 6. The van der Waals surface area contributed by atoms with Crippen LogP contribution in [0.4, 0.5) is 10.0 Å². The number of thiazole rings is 2. The zero-order chi connectivity index (χ0) is 52.4. The van der Waals surface area contributed by atoms with Crippen LogP contribution in [0.25, 0.3) is 20.9 Å². The van der Waals surface area contributed by atoms with Crippen LogP contribution in [0.3, 0.4) is 0 Å². The van der Waals surface area contributed by atoms with Gasteiger partial charge in [0.2, 0.25) is 23.6 Å². The summed E-state index contributed by atoms with van der Waals surface area (Å²) in [6, 6.07) is 23.3. The van der Waals surface area contributed by atoms with Gasteiger partial charge in [-0.1, -0.05) is 74.2 Å². The lowest BCUT2D eigenvalue weighted by Gasteiger charge is -2.37. The summed E-state index contributed by atoms with van der Waals surface area (Å²) in [5, 5.41) is 21.8. The van der Waals surface area contributed by atoms with Crippen molar-refractivity contribution < 1.29 is 28.8 Å². The molecule has 10 rings (SSSR count). The van der Waals surface area contributed by atoms with Crippen LogP contribution in [0.15, 0.2) is 85.2 Å². The number of unbranched alkanes of at least 4 members (excludes halogenated alkanes) is 5. The fourth-order valence-electron chi connectivity index (χ4n) is 9.84. The van der Waals surface area contributed by atoms with E-state index in [2.05, 4.69) is 56.2 Å². The predicted octanol–water partition coefficient (Wildman–Crippen LogP) is 8.97. The SMILES string of the molecule is O=C(CCCCCCCCC(=O)NCc1ccc(-c2cnc(C3CN(C(=O)c4ccc(NC(=O)[C@@H]5CCCN5)s4)C3)s2)cc1)NCc1ccc(-c2cnc(C3CN(C(=O)c4ccc(NC(=O)[C@@H]5CCCN5)s4)C3)s2)cc1. The number of carbonyl (C=O) groups excluding carboxylic acids is 6. The smallest absolute Gasteiger partial charge is 0.264 e. The highest BCUT2D eigenvalue weighted by molar-refractivity contribution is 7.18. The Morgan fingerprint density at radius 2 is 0.921 bits per heavy atom. The maximum absolute atomic E-state index is 13.1. The van der Waals surface area contributed by atoms with Crippen LogP contribution in [0, 0.1) is 0 Å². The molecule has 0 aliphatic carbocycles. The third kappa shape index (κ3) is 13.7. The van der Waals surface area contributed by atoms with E-state index in [9.17, 15) is 28.8 Å². The molecule has 76 heavy (non-hydrogen) atoms. The van der Waals surface area contributed by atoms with Gasteiger partial charge in [-0.15, -0.1) is 45.3 Å². The topological polar surface area (TPSA) is 207 Å². The summed E-state index contributed by atoms with van der Waals surface area (Å²) in [5.74, 6) is 0.369. The molecule has 6 N–H and O–H groups in total. The molecule has 4 fully saturated rings. The average molecular weight is 1100 g/mol. The summed E-state index contributed by atoms with van der Waals surface area (Å²) in [5.41, 5.74) is 4.21. The Balaban J connectivity index is 0.542. The maximum Gasteiger partial charge on any atom is 0.264 e. The Bertz CT molecular complexity index is 2780. The summed E-state index contributed by atoms with van der Waals surface area (Å²) >= 11 is 5.93. The molecule has 0 spiro atoms. The summed E-state index contributed by atoms with van der Waals surface area (Å²) < 4.78 is 0. The van der Waals surface area contributed by atoms with Crippen LogP contribution in [-0.4, -0.2) is 107 Å². The quantitative estimate of drug-likeness (QED) is 0.0336. The minimum Gasteiger partial charge on any atom is -0.352 e. The fraction of sp³-hybridized carbons (Fsp3) is 0.429. The second-order valence-electron chi connectivity index (χ2n) is 20.1. The Kier molecular flexibility index (Phi) is 17.7. The van der Waals surface area contributed by atoms with Crippen LogP contribution in [0.5, 0.6) is 0 Å². The zero-order valence-electron chi connectivity index (χ0n) is 42.4. The van der Waals surface area contributed by atoms with Crippen molar-refractivity contribution in [2.24, 2.45) is 0 Å². The van der Waals surface area contributed by atoms with Crippen molar-refractivity contribution in [3.63, 3.8) is 0 Å². The third-order valence-corrected chi connectivity index (χ3v) is 18.9.